The van der Waals surface area contributed by atoms with Gasteiger partial charge in [0.05, 0.1) is 17.3 Å². The van der Waals surface area contributed by atoms with Crippen LogP contribution in [0, 0.1) is 5.92 Å². The van der Waals surface area contributed by atoms with Gasteiger partial charge in [-0.3, -0.25) is 20.0 Å². The summed E-state index contributed by atoms with van der Waals surface area (Å²) in [6, 6.07) is 12.9. The molecule has 8 heteroatoms. The molecule has 192 valence electrons. The fraction of sp³-hybridized carbons (Fsp3) is 0.429. The molecule has 2 aromatic carbocycles. The lowest BCUT2D eigenvalue weighted by molar-refractivity contribution is -0.143. The van der Waals surface area contributed by atoms with E-state index in [2.05, 4.69) is 41.6 Å². The molecular weight excluding hydrogens is 456 g/mol. The Morgan fingerprint density at radius 2 is 1.75 bits per heavy atom. The van der Waals surface area contributed by atoms with E-state index in [-0.39, 0.29) is 22.8 Å². The number of hydrogen-bond donors (Lipinski definition) is 4. The summed E-state index contributed by atoms with van der Waals surface area (Å²) in [5, 5.41) is 27.5. The number of amides is 1. The maximum Gasteiger partial charge on any atom is 0.306 e. The lowest BCUT2D eigenvalue weighted by Crippen LogP contribution is -2.29. The van der Waals surface area contributed by atoms with Gasteiger partial charge in [-0.15, -0.1) is 0 Å². The summed E-state index contributed by atoms with van der Waals surface area (Å²) in [5.41, 5.74) is 6.17. The third-order valence-electron chi connectivity index (χ3n) is 6.72. The van der Waals surface area contributed by atoms with Crippen LogP contribution in [-0.4, -0.2) is 40.6 Å². The third kappa shape index (κ3) is 6.50. The molecule has 2 aromatic rings. The second kappa shape index (κ2) is 11.4. The normalized spacial score (nSPS) is 19.0. The molecule has 1 aliphatic rings. The van der Waals surface area contributed by atoms with E-state index in [1.54, 1.807) is 26.1 Å². The average molecular weight is 493 g/mol. The van der Waals surface area contributed by atoms with Crippen LogP contribution < -0.4 is 10.7 Å². The molecule has 1 saturated carbocycles. The molecule has 0 saturated heterocycles. The van der Waals surface area contributed by atoms with E-state index in [1.165, 1.54) is 0 Å². The van der Waals surface area contributed by atoms with Gasteiger partial charge in [-0.1, -0.05) is 51.5 Å². The monoisotopic (exact) mass is 492 g/mol. The zero-order valence-electron chi connectivity index (χ0n) is 21.6. The van der Waals surface area contributed by atoms with Gasteiger partial charge >= 0.3 is 5.97 Å². The Kier molecular flexibility index (Phi) is 8.50. The van der Waals surface area contributed by atoms with Gasteiger partial charge < -0.3 is 15.5 Å². The smallest absolute Gasteiger partial charge is 0.306 e. The van der Waals surface area contributed by atoms with Crippen molar-refractivity contribution in [3.63, 3.8) is 0 Å². The fourth-order valence-electron chi connectivity index (χ4n) is 4.44. The molecule has 0 aliphatic heterocycles. The number of anilines is 2. The van der Waals surface area contributed by atoms with Crippen LogP contribution in [0.25, 0.3) is 0 Å². The number of phenolic OH excluding ortho intramolecular Hbond substituents is 1. The second-order valence-electron chi connectivity index (χ2n) is 10.3. The number of carboxylic acid groups (broad SMARTS) is 1. The Hall–Kier alpha value is -3.68. The van der Waals surface area contributed by atoms with Crippen LogP contribution in [-0.2, 0) is 15.0 Å². The van der Waals surface area contributed by atoms with Crippen molar-refractivity contribution in [3.05, 3.63) is 53.6 Å². The molecule has 0 bridgehead atoms. The lowest BCUT2D eigenvalue weighted by Gasteiger charge is -2.27. The number of carbonyl (C=O) groups excluding carboxylic acids is 1. The molecule has 4 N–H and O–H groups in total. The first-order valence-corrected chi connectivity index (χ1v) is 12.2. The van der Waals surface area contributed by atoms with E-state index in [9.17, 15) is 19.8 Å². The molecule has 0 radical (unpaired) electrons. The Labute approximate surface area is 212 Å². The summed E-state index contributed by atoms with van der Waals surface area (Å²) in [6.45, 7) is 8.07. The molecule has 1 amide bonds. The first-order chi connectivity index (χ1) is 17.0. The van der Waals surface area contributed by atoms with Crippen molar-refractivity contribution in [1.29, 1.82) is 0 Å². The van der Waals surface area contributed by atoms with E-state index >= 15 is 0 Å². The zero-order chi connectivity index (χ0) is 26.5. The van der Waals surface area contributed by atoms with Gasteiger partial charge in [0, 0.05) is 12.7 Å². The van der Waals surface area contributed by atoms with Crippen LogP contribution >= 0.6 is 0 Å². The summed E-state index contributed by atoms with van der Waals surface area (Å²) < 4.78 is 0. The number of hydrogen-bond acceptors (Lipinski definition) is 6. The SMILES string of the molecule is CN=C(C)/C(=N/Nc1cccc(C2CCCC(C(=O)O)C2)c1O)C(=O)Nc1ccc(C(C)(C)C)cc1. The predicted molar refractivity (Wildman–Crippen MR) is 144 cm³/mol. The number of carbonyl (C=O) groups is 2. The van der Waals surface area contributed by atoms with Crippen molar-refractivity contribution in [1.82, 2.24) is 0 Å². The van der Waals surface area contributed by atoms with E-state index < -0.39 is 17.8 Å². The summed E-state index contributed by atoms with van der Waals surface area (Å²) in [4.78, 5) is 28.6. The Bertz CT molecular complexity index is 1160. The topological polar surface area (TPSA) is 123 Å². The van der Waals surface area contributed by atoms with E-state index in [4.69, 9.17) is 0 Å². The van der Waals surface area contributed by atoms with Gasteiger partial charge in [0.1, 0.15) is 5.75 Å². The number of hydrazone groups is 1. The highest BCUT2D eigenvalue weighted by atomic mass is 16.4. The summed E-state index contributed by atoms with van der Waals surface area (Å²) in [7, 11) is 1.58. The van der Waals surface area contributed by atoms with Gasteiger partial charge in [-0.25, -0.2) is 0 Å². The van der Waals surface area contributed by atoms with Crippen molar-refractivity contribution < 1.29 is 19.8 Å². The van der Waals surface area contributed by atoms with E-state index in [1.807, 2.05) is 30.3 Å². The molecule has 1 fully saturated rings. The van der Waals surface area contributed by atoms with Gasteiger partial charge in [0.15, 0.2) is 5.71 Å². The summed E-state index contributed by atoms with van der Waals surface area (Å²) in [6.07, 6.45) is 2.75. The van der Waals surface area contributed by atoms with Crippen molar-refractivity contribution in [2.24, 2.45) is 16.0 Å². The minimum absolute atomic E-state index is 0.00718. The maximum atomic E-state index is 13.0. The van der Waals surface area contributed by atoms with Gasteiger partial charge in [0.2, 0.25) is 0 Å². The Balaban J connectivity index is 1.80. The van der Waals surface area contributed by atoms with Crippen LogP contribution in [0.4, 0.5) is 11.4 Å². The predicted octanol–water partition coefficient (Wildman–Crippen LogP) is 5.55. The van der Waals surface area contributed by atoms with Crippen LogP contribution in [0.2, 0.25) is 0 Å². The average Bonchev–Trinajstić information content (AvgIpc) is 2.84. The van der Waals surface area contributed by atoms with Crippen LogP contribution in [0.1, 0.15) is 70.4 Å². The minimum atomic E-state index is -0.795. The number of carboxylic acids is 1. The molecule has 36 heavy (non-hydrogen) atoms. The van der Waals surface area contributed by atoms with Gasteiger partial charge in [-0.2, -0.15) is 5.10 Å². The molecule has 8 nitrogen and oxygen atoms in total. The fourth-order valence-corrected chi connectivity index (χ4v) is 4.44. The second-order valence-corrected chi connectivity index (χ2v) is 10.3. The number of aliphatic imine (C=N–C) groups is 1. The molecule has 0 aromatic heterocycles. The highest BCUT2D eigenvalue weighted by Gasteiger charge is 2.29. The highest BCUT2D eigenvalue weighted by Crippen LogP contribution is 2.42. The number of aromatic hydroxyl groups is 1. The molecule has 0 spiro atoms. The first-order valence-electron chi connectivity index (χ1n) is 12.2. The van der Waals surface area contributed by atoms with Crippen LogP contribution in [0.5, 0.6) is 5.75 Å². The van der Waals surface area contributed by atoms with Gasteiger partial charge in [-0.05, 0) is 66.8 Å². The molecule has 1 aliphatic carbocycles. The largest absolute Gasteiger partial charge is 0.505 e. The quantitative estimate of drug-likeness (QED) is 0.229. The van der Waals surface area contributed by atoms with Crippen LogP contribution in [0.15, 0.2) is 52.6 Å². The van der Waals surface area contributed by atoms with E-state index in [0.29, 0.717) is 35.5 Å². The molecule has 0 heterocycles. The molecule has 3 rings (SSSR count). The van der Waals surface area contributed by atoms with Gasteiger partial charge in [0.25, 0.3) is 5.91 Å². The molecule has 2 atom stereocenters. The van der Waals surface area contributed by atoms with E-state index in [0.717, 1.165) is 18.4 Å². The van der Waals surface area contributed by atoms with Crippen molar-refractivity contribution >= 4 is 34.7 Å². The summed E-state index contributed by atoms with van der Waals surface area (Å²) in [5.74, 6) is -1.67. The zero-order valence-corrected chi connectivity index (χ0v) is 21.6. The van der Waals surface area contributed by atoms with Crippen molar-refractivity contribution in [2.75, 3.05) is 17.8 Å². The Morgan fingerprint density at radius 1 is 1.06 bits per heavy atom. The number of benzene rings is 2. The minimum Gasteiger partial charge on any atom is -0.505 e. The lowest BCUT2D eigenvalue weighted by atomic mass is 9.77. The highest BCUT2D eigenvalue weighted by molar-refractivity contribution is 6.68. The van der Waals surface area contributed by atoms with Crippen molar-refractivity contribution in [2.45, 2.75) is 64.7 Å². The standard InChI is InChI=1S/C28H36N4O4/c1-17(29-5)24(26(34)30-21-14-12-20(13-15-21)28(2,3)4)32-31-23-11-7-10-22(25(23)33)18-8-6-9-19(16-18)27(35)36/h7,10-15,18-19,31,33H,6,8-9,16H2,1-5H3,(H,30,34)(H,35,36)/b29-17?,32-24-. The van der Waals surface area contributed by atoms with Crippen LogP contribution in [0.3, 0.4) is 0 Å². The Morgan fingerprint density at radius 3 is 2.36 bits per heavy atom. The number of nitrogens with one attached hydrogen (secondary N) is 2. The summed E-state index contributed by atoms with van der Waals surface area (Å²) >= 11 is 0. The molecular formula is C28H36N4O4. The maximum absolute atomic E-state index is 13.0. The molecule has 2 unspecified atom stereocenters. The third-order valence-corrected chi connectivity index (χ3v) is 6.72. The number of para-hydroxylation sites is 1. The van der Waals surface area contributed by atoms with Crippen molar-refractivity contribution in [3.8, 4) is 5.75 Å². The first kappa shape index (κ1) is 26.9. The number of phenols is 1. The number of rotatable bonds is 7. The number of aliphatic carboxylic acids is 1. The number of nitrogens with zero attached hydrogens (tertiary/aromatic N) is 2.